The number of rotatable bonds is 7. The number of amides is 1. The van der Waals surface area contributed by atoms with Crippen LogP contribution in [0.15, 0.2) is 47.6 Å². The average molecular weight is 410 g/mol. The van der Waals surface area contributed by atoms with Gasteiger partial charge in [0.1, 0.15) is 5.75 Å². The molecule has 0 saturated carbocycles. The van der Waals surface area contributed by atoms with Gasteiger partial charge in [0, 0.05) is 42.9 Å². The summed E-state index contributed by atoms with van der Waals surface area (Å²) in [6, 6.07) is 11.6. The zero-order chi connectivity index (χ0) is 21.3. The Balaban J connectivity index is 1.67. The van der Waals surface area contributed by atoms with E-state index in [-0.39, 0.29) is 23.8 Å². The predicted octanol–water partition coefficient (Wildman–Crippen LogP) is 3.76. The van der Waals surface area contributed by atoms with Crippen molar-refractivity contribution in [3.8, 4) is 5.75 Å². The van der Waals surface area contributed by atoms with Crippen molar-refractivity contribution < 1.29 is 14.8 Å². The first-order chi connectivity index (χ1) is 14.5. The number of aryl methyl sites for hydroxylation is 1. The van der Waals surface area contributed by atoms with Gasteiger partial charge < -0.3 is 10.0 Å². The van der Waals surface area contributed by atoms with Gasteiger partial charge in [0.25, 0.3) is 5.69 Å². The van der Waals surface area contributed by atoms with Gasteiger partial charge in [-0.15, -0.1) is 0 Å². The summed E-state index contributed by atoms with van der Waals surface area (Å²) in [5.41, 5.74) is 4.64. The summed E-state index contributed by atoms with van der Waals surface area (Å²) in [5, 5.41) is 25.0. The minimum atomic E-state index is -0.436. The van der Waals surface area contributed by atoms with Crippen LogP contribution < -0.4 is 10.3 Å². The highest BCUT2D eigenvalue weighted by Gasteiger charge is 2.16. The number of nitro groups is 1. The lowest BCUT2D eigenvalue weighted by atomic mass is 10.1. The van der Waals surface area contributed by atoms with E-state index in [9.17, 15) is 20.0 Å². The molecular formula is C22H26N4O4. The molecule has 0 aromatic heterocycles. The standard InChI is InChI=1S/C22H26N4O4/c27-21-8-4-3-7-17(21)9-12-22(28)24-23-16-18-15-19(26(29)30)10-11-20(18)25-13-5-1-2-6-14-25/h3-4,7-8,10-11,15-16,27H,1-2,5-6,9,12-14H2,(H,24,28)/b23-16+. The summed E-state index contributed by atoms with van der Waals surface area (Å²) < 4.78 is 0. The monoisotopic (exact) mass is 410 g/mol. The van der Waals surface area contributed by atoms with Crippen molar-refractivity contribution in [2.45, 2.75) is 38.5 Å². The number of anilines is 1. The molecule has 3 rings (SSSR count). The van der Waals surface area contributed by atoms with Crippen LogP contribution in [0.1, 0.15) is 43.2 Å². The van der Waals surface area contributed by atoms with Crippen LogP contribution >= 0.6 is 0 Å². The third kappa shape index (κ3) is 5.79. The highest BCUT2D eigenvalue weighted by molar-refractivity contribution is 5.90. The number of nitrogens with one attached hydrogen (secondary N) is 1. The number of non-ortho nitro benzene ring substituents is 1. The van der Waals surface area contributed by atoms with Gasteiger partial charge in [-0.2, -0.15) is 5.10 Å². The van der Waals surface area contributed by atoms with Gasteiger partial charge in [-0.25, -0.2) is 5.43 Å². The number of carbonyl (C=O) groups excluding carboxylic acids is 1. The number of aromatic hydroxyl groups is 1. The van der Waals surface area contributed by atoms with Gasteiger partial charge in [0.2, 0.25) is 5.91 Å². The van der Waals surface area contributed by atoms with Crippen molar-refractivity contribution in [3.63, 3.8) is 0 Å². The van der Waals surface area contributed by atoms with Gasteiger partial charge >= 0.3 is 0 Å². The third-order valence-electron chi connectivity index (χ3n) is 5.17. The number of carbonyl (C=O) groups is 1. The van der Waals surface area contributed by atoms with E-state index in [1.54, 1.807) is 30.3 Å². The lowest BCUT2D eigenvalue weighted by Gasteiger charge is -2.24. The summed E-state index contributed by atoms with van der Waals surface area (Å²) in [6.07, 6.45) is 6.55. The first-order valence-corrected chi connectivity index (χ1v) is 10.2. The maximum Gasteiger partial charge on any atom is 0.270 e. The van der Waals surface area contributed by atoms with E-state index in [1.807, 2.05) is 0 Å². The molecule has 0 radical (unpaired) electrons. The second kappa shape index (κ2) is 10.4. The molecule has 8 nitrogen and oxygen atoms in total. The van der Waals surface area contributed by atoms with E-state index in [0.29, 0.717) is 17.5 Å². The first-order valence-electron chi connectivity index (χ1n) is 10.2. The number of phenolic OH excluding ortho intramolecular Hbond substituents is 1. The van der Waals surface area contributed by atoms with Crippen LogP contribution in [-0.4, -0.2) is 35.2 Å². The van der Waals surface area contributed by atoms with Crippen molar-refractivity contribution in [2.75, 3.05) is 18.0 Å². The van der Waals surface area contributed by atoms with Crippen LogP contribution in [0.4, 0.5) is 11.4 Å². The van der Waals surface area contributed by atoms with E-state index >= 15 is 0 Å². The molecule has 8 heteroatoms. The summed E-state index contributed by atoms with van der Waals surface area (Å²) in [7, 11) is 0. The summed E-state index contributed by atoms with van der Waals surface area (Å²) in [5.74, 6) is -0.135. The molecule has 0 bridgehead atoms. The van der Waals surface area contributed by atoms with Gasteiger partial charge in [0.15, 0.2) is 0 Å². The maximum atomic E-state index is 12.1. The van der Waals surface area contributed by atoms with Crippen LogP contribution in [0, 0.1) is 10.1 Å². The van der Waals surface area contributed by atoms with Crippen molar-refractivity contribution in [1.82, 2.24) is 5.43 Å². The van der Waals surface area contributed by atoms with Crippen molar-refractivity contribution in [1.29, 1.82) is 0 Å². The lowest BCUT2D eigenvalue weighted by Crippen LogP contribution is -2.25. The number of para-hydroxylation sites is 1. The van der Waals surface area contributed by atoms with Crippen LogP contribution in [0.25, 0.3) is 0 Å². The molecule has 1 aliphatic rings. The fourth-order valence-electron chi connectivity index (χ4n) is 3.56. The number of nitro benzene ring substituents is 1. The van der Waals surface area contributed by atoms with Gasteiger partial charge in [-0.1, -0.05) is 31.0 Å². The molecule has 0 aliphatic carbocycles. The lowest BCUT2D eigenvalue weighted by molar-refractivity contribution is -0.384. The minimum absolute atomic E-state index is 0.0131. The zero-order valence-corrected chi connectivity index (χ0v) is 16.8. The molecule has 1 fully saturated rings. The van der Waals surface area contributed by atoms with Gasteiger partial charge in [-0.05, 0) is 37.0 Å². The molecule has 2 aromatic rings. The number of hydrogen-bond donors (Lipinski definition) is 2. The van der Waals surface area contributed by atoms with Crippen LogP contribution in [0.3, 0.4) is 0 Å². The Kier molecular flexibility index (Phi) is 7.37. The van der Waals surface area contributed by atoms with E-state index in [1.165, 1.54) is 31.2 Å². The maximum absolute atomic E-state index is 12.1. The largest absolute Gasteiger partial charge is 0.508 e. The van der Waals surface area contributed by atoms with Gasteiger partial charge in [0.05, 0.1) is 11.1 Å². The second-order valence-electron chi connectivity index (χ2n) is 7.32. The summed E-state index contributed by atoms with van der Waals surface area (Å²) in [4.78, 5) is 25.1. The molecule has 2 N–H and O–H groups in total. The molecule has 1 aliphatic heterocycles. The van der Waals surface area contributed by atoms with Crippen molar-refractivity contribution >= 4 is 23.5 Å². The molecule has 1 saturated heterocycles. The molecule has 0 spiro atoms. The molecule has 30 heavy (non-hydrogen) atoms. The SMILES string of the molecule is O=C(CCc1ccccc1O)N/N=C/c1cc([N+](=O)[O-])ccc1N1CCCCCC1. The van der Waals surface area contributed by atoms with Crippen molar-refractivity contribution in [3.05, 3.63) is 63.7 Å². The normalized spacial score (nSPS) is 14.5. The number of nitrogens with zero attached hydrogens (tertiary/aromatic N) is 3. The molecule has 2 aromatic carbocycles. The molecular weight excluding hydrogens is 384 g/mol. The Morgan fingerprint density at radius 1 is 1.17 bits per heavy atom. The topological polar surface area (TPSA) is 108 Å². The van der Waals surface area contributed by atoms with Crippen LogP contribution in [0.5, 0.6) is 5.75 Å². The minimum Gasteiger partial charge on any atom is -0.508 e. The Bertz CT molecular complexity index is 921. The Hall–Kier alpha value is -3.42. The van der Waals surface area contributed by atoms with Gasteiger partial charge in [-0.3, -0.25) is 14.9 Å². The third-order valence-corrected chi connectivity index (χ3v) is 5.17. The van der Waals surface area contributed by atoms with Crippen LogP contribution in [0.2, 0.25) is 0 Å². The number of hydrazone groups is 1. The average Bonchev–Trinajstić information content (AvgIpc) is 3.02. The van der Waals surface area contributed by atoms with E-state index in [0.717, 1.165) is 31.6 Å². The smallest absolute Gasteiger partial charge is 0.270 e. The van der Waals surface area contributed by atoms with Crippen molar-refractivity contribution in [2.24, 2.45) is 5.10 Å². The number of benzene rings is 2. The Morgan fingerprint density at radius 3 is 2.60 bits per heavy atom. The summed E-state index contributed by atoms with van der Waals surface area (Å²) in [6.45, 7) is 1.79. The fraction of sp³-hybridized carbons (Fsp3) is 0.364. The second-order valence-corrected chi connectivity index (χ2v) is 7.32. The Morgan fingerprint density at radius 2 is 1.90 bits per heavy atom. The molecule has 1 heterocycles. The van der Waals surface area contributed by atoms with Crippen LogP contribution in [-0.2, 0) is 11.2 Å². The molecule has 0 atom stereocenters. The highest BCUT2D eigenvalue weighted by Crippen LogP contribution is 2.26. The number of hydrogen-bond acceptors (Lipinski definition) is 6. The van der Waals surface area contributed by atoms with E-state index in [4.69, 9.17) is 0 Å². The fourth-order valence-corrected chi connectivity index (χ4v) is 3.56. The molecule has 158 valence electrons. The molecule has 0 unspecified atom stereocenters. The highest BCUT2D eigenvalue weighted by atomic mass is 16.6. The molecule has 1 amide bonds. The predicted molar refractivity (Wildman–Crippen MR) is 116 cm³/mol. The first kappa shape index (κ1) is 21.3. The number of phenols is 1. The van der Waals surface area contributed by atoms with E-state index < -0.39 is 4.92 Å². The Labute approximate surface area is 175 Å². The van der Waals surface area contributed by atoms with E-state index in [2.05, 4.69) is 15.4 Å². The zero-order valence-electron chi connectivity index (χ0n) is 16.8. The summed E-state index contributed by atoms with van der Waals surface area (Å²) >= 11 is 0. The quantitative estimate of drug-likeness (QED) is 0.410.